The summed E-state index contributed by atoms with van der Waals surface area (Å²) in [5, 5.41) is 8.73. The van der Waals surface area contributed by atoms with Gasteiger partial charge in [-0.1, -0.05) is 68.4 Å². The molecule has 3 rings (SSSR count). The molecule has 7 nitrogen and oxygen atoms in total. The van der Waals surface area contributed by atoms with E-state index in [1.54, 1.807) is 18.9 Å². The van der Waals surface area contributed by atoms with Gasteiger partial charge in [0.1, 0.15) is 12.1 Å². The van der Waals surface area contributed by atoms with Crippen LogP contribution in [0, 0.1) is 5.92 Å². The van der Waals surface area contributed by atoms with Crippen LogP contribution in [0.25, 0.3) is 0 Å². The quantitative estimate of drug-likeness (QED) is 0.591. The van der Waals surface area contributed by atoms with Gasteiger partial charge in [0, 0.05) is 13.1 Å². The summed E-state index contributed by atoms with van der Waals surface area (Å²) < 4.78 is 0. The van der Waals surface area contributed by atoms with Crippen molar-refractivity contribution < 1.29 is 14.4 Å². The third-order valence-corrected chi connectivity index (χ3v) is 5.90. The molecule has 0 aliphatic carbocycles. The van der Waals surface area contributed by atoms with Crippen LogP contribution in [0.3, 0.4) is 0 Å². The topological polar surface area (TPSA) is 90.5 Å². The summed E-state index contributed by atoms with van der Waals surface area (Å²) in [4.78, 5) is 40.9. The van der Waals surface area contributed by atoms with E-state index in [2.05, 4.69) is 16.0 Å². The molecule has 7 heteroatoms. The molecule has 2 aromatic rings. The minimum absolute atomic E-state index is 0.132. The number of carbonyl (C=O) groups excluding carboxylic acids is 3. The van der Waals surface area contributed by atoms with Crippen molar-refractivity contribution >= 4 is 17.7 Å². The van der Waals surface area contributed by atoms with Crippen LogP contribution in [0.4, 0.5) is 0 Å². The summed E-state index contributed by atoms with van der Waals surface area (Å²) in [6, 6.07) is 15.4. The summed E-state index contributed by atoms with van der Waals surface area (Å²) >= 11 is 0. The lowest BCUT2D eigenvalue weighted by Crippen LogP contribution is -2.55. The molecule has 0 saturated carbocycles. The van der Waals surface area contributed by atoms with E-state index in [4.69, 9.17) is 0 Å². The Labute approximate surface area is 189 Å². The lowest BCUT2D eigenvalue weighted by molar-refractivity contribution is -0.144. The van der Waals surface area contributed by atoms with Crippen molar-refractivity contribution in [3.05, 3.63) is 71.3 Å². The molecule has 3 amide bonds. The van der Waals surface area contributed by atoms with Crippen LogP contribution in [-0.4, -0.2) is 41.8 Å². The molecule has 0 radical (unpaired) electrons. The summed E-state index contributed by atoms with van der Waals surface area (Å²) in [5.74, 6) is -0.870. The standard InChI is InChI=1S/C25H32N4O3/c1-16(2)21(28-23(30)17(3)26-4)25(32)29-15-19-12-8-9-13-20(19)22(29)24(31)27-14-18-10-6-5-7-11-18/h5-13,16-17,21-22,26H,14-15H2,1-4H3,(H,27,31)(H,28,30). The van der Waals surface area contributed by atoms with Gasteiger partial charge in [-0.15, -0.1) is 0 Å². The maximum Gasteiger partial charge on any atom is 0.247 e. The van der Waals surface area contributed by atoms with Crippen molar-refractivity contribution in [2.45, 2.75) is 52.0 Å². The molecule has 1 aliphatic heterocycles. The fourth-order valence-electron chi connectivity index (χ4n) is 3.86. The SMILES string of the molecule is CNC(C)C(=O)NC(C(=O)N1Cc2ccccc2C1C(=O)NCc1ccccc1)C(C)C. The minimum atomic E-state index is -0.734. The second kappa shape index (κ2) is 10.4. The van der Waals surface area contributed by atoms with Gasteiger partial charge in [-0.25, -0.2) is 0 Å². The van der Waals surface area contributed by atoms with E-state index in [0.717, 1.165) is 16.7 Å². The van der Waals surface area contributed by atoms with Crippen LogP contribution in [0.2, 0.25) is 0 Å². The normalized spacial score (nSPS) is 16.9. The van der Waals surface area contributed by atoms with Crippen LogP contribution in [-0.2, 0) is 27.5 Å². The predicted octanol–water partition coefficient (Wildman–Crippen LogP) is 2.14. The lowest BCUT2D eigenvalue weighted by Gasteiger charge is -2.31. The summed E-state index contributed by atoms with van der Waals surface area (Å²) in [6.07, 6.45) is 0. The van der Waals surface area contributed by atoms with E-state index in [-0.39, 0.29) is 23.6 Å². The first kappa shape index (κ1) is 23.5. The zero-order chi connectivity index (χ0) is 23.3. The second-order valence-corrected chi connectivity index (χ2v) is 8.51. The highest BCUT2D eigenvalue weighted by Crippen LogP contribution is 2.34. The zero-order valence-corrected chi connectivity index (χ0v) is 19.1. The van der Waals surface area contributed by atoms with Crippen LogP contribution < -0.4 is 16.0 Å². The van der Waals surface area contributed by atoms with Crippen molar-refractivity contribution in [2.75, 3.05) is 7.05 Å². The number of benzene rings is 2. The van der Waals surface area contributed by atoms with Crippen LogP contribution in [0.15, 0.2) is 54.6 Å². The van der Waals surface area contributed by atoms with Gasteiger partial charge in [-0.05, 0) is 36.6 Å². The van der Waals surface area contributed by atoms with Crippen molar-refractivity contribution in [1.29, 1.82) is 0 Å². The van der Waals surface area contributed by atoms with Crippen LogP contribution in [0.1, 0.15) is 43.5 Å². The smallest absolute Gasteiger partial charge is 0.247 e. The van der Waals surface area contributed by atoms with Crippen molar-refractivity contribution in [1.82, 2.24) is 20.9 Å². The van der Waals surface area contributed by atoms with E-state index < -0.39 is 18.1 Å². The molecule has 3 unspecified atom stereocenters. The number of hydrogen-bond donors (Lipinski definition) is 3. The first-order valence-electron chi connectivity index (χ1n) is 11.0. The first-order valence-corrected chi connectivity index (χ1v) is 11.0. The van der Waals surface area contributed by atoms with Crippen molar-refractivity contribution in [3.63, 3.8) is 0 Å². The van der Waals surface area contributed by atoms with Gasteiger partial charge in [-0.3, -0.25) is 14.4 Å². The summed E-state index contributed by atoms with van der Waals surface area (Å²) in [5.41, 5.74) is 2.75. The number of rotatable bonds is 8. The molecular formula is C25H32N4O3. The minimum Gasteiger partial charge on any atom is -0.350 e. The molecule has 1 heterocycles. The van der Waals surface area contributed by atoms with Gasteiger partial charge in [0.15, 0.2) is 0 Å². The largest absolute Gasteiger partial charge is 0.350 e. The molecular weight excluding hydrogens is 404 g/mol. The molecule has 1 aliphatic rings. The van der Waals surface area contributed by atoms with Crippen molar-refractivity contribution in [3.8, 4) is 0 Å². The number of fused-ring (bicyclic) bond motifs is 1. The number of hydrogen-bond acceptors (Lipinski definition) is 4. The van der Waals surface area contributed by atoms with E-state index in [9.17, 15) is 14.4 Å². The van der Waals surface area contributed by atoms with E-state index in [0.29, 0.717) is 13.1 Å². The summed E-state index contributed by atoms with van der Waals surface area (Å²) in [7, 11) is 1.70. The van der Waals surface area contributed by atoms with Gasteiger partial charge < -0.3 is 20.9 Å². The Morgan fingerprint density at radius 2 is 1.66 bits per heavy atom. The molecule has 0 spiro atoms. The molecule has 3 N–H and O–H groups in total. The number of nitrogens with zero attached hydrogens (tertiary/aromatic N) is 1. The number of nitrogens with one attached hydrogen (secondary N) is 3. The molecule has 2 aromatic carbocycles. The Morgan fingerprint density at radius 1 is 1.00 bits per heavy atom. The third kappa shape index (κ3) is 5.16. The monoisotopic (exact) mass is 436 g/mol. The Kier molecular flexibility index (Phi) is 7.64. The molecule has 170 valence electrons. The van der Waals surface area contributed by atoms with E-state index in [1.807, 2.05) is 68.4 Å². The third-order valence-electron chi connectivity index (χ3n) is 5.90. The van der Waals surface area contributed by atoms with Gasteiger partial charge in [-0.2, -0.15) is 0 Å². The predicted molar refractivity (Wildman–Crippen MR) is 123 cm³/mol. The molecule has 0 fully saturated rings. The number of likely N-dealkylation sites (N-methyl/N-ethyl adjacent to an activating group) is 1. The van der Waals surface area contributed by atoms with E-state index >= 15 is 0 Å². The highest BCUT2D eigenvalue weighted by Gasteiger charge is 2.41. The molecule has 0 saturated heterocycles. The fourth-order valence-corrected chi connectivity index (χ4v) is 3.86. The summed E-state index contributed by atoms with van der Waals surface area (Å²) in [6.45, 7) is 6.23. The molecule has 0 bridgehead atoms. The fraction of sp³-hybridized carbons (Fsp3) is 0.400. The molecule has 32 heavy (non-hydrogen) atoms. The van der Waals surface area contributed by atoms with Gasteiger partial charge in [0.25, 0.3) is 0 Å². The Hall–Kier alpha value is -3.19. The lowest BCUT2D eigenvalue weighted by atomic mass is 10.0. The first-order chi connectivity index (χ1) is 15.3. The average Bonchev–Trinajstić information content (AvgIpc) is 3.20. The highest BCUT2D eigenvalue weighted by atomic mass is 16.2. The molecule has 3 atom stereocenters. The second-order valence-electron chi connectivity index (χ2n) is 8.51. The molecule has 0 aromatic heterocycles. The number of amides is 3. The van der Waals surface area contributed by atoms with Gasteiger partial charge in [0.05, 0.1) is 6.04 Å². The number of carbonyl (C=O) groups is 3. The Balaban J connectivity index is 1.83. The maximum atomic E-state index is 13.6. The Bertz CT molecular complexity index is 961. The zero-order valence-electron chi connectivity index (χ0n) is 19.1. The highest BCUT2D eigenvalue weighted by molar-refractivity contribution is 5.94. The van der Waals surface area contributed by atoms with Gasteiger partial charge >= 0.3 is 0 Å². The Morgan fingerprint density at radius 3 is 2.31 bits per heavy atom. The van der Waals surface area contributed by atoms with E-state index in [1.165, 1.54) is 0 Å². The van der Waals surface area contributed by atoms with Crippen LogP contribution in [0.5, 0.6) is 0 Å². The van der Waals surface area contributed by atoms with Crippen LogP contribution >= 0.6 is 0 Å². The average molecular weight is 437 g/mol. The van der Waals surface area contributed by atoms with Crippen molar-refractivity contribution in [2.24, 2.45) is 5.92 Å². The van der Waals surface area contributed by atoms with Gasteiger partial charge in [0.2, 0.25) is 17.7 Å². The maximum absolute atomic E-state index is 13.6.